The Kier molecular flexibility index (Phi) is 7.66. The third-order valence-corrected chi connectivity index (χ3v) is 1.94. The largest absolute Gasteiger partial charge is 0.0996 e. The van der Waals surface area contributed by atoms with Gasteiger partial charge in [-0.05, 0) is 19.3 Å². The van der Waals surface area contributed by atoms with Gasteiger partial charge in [-0.15, -0.1) is 0 Å². The Balaban J connectivity index is 2.95. The van der Waals surface area contributed by atoms with Crippen LogP contribution in [-0.4, -0.2) is 0 Å². The molecule has 0 spiro atoms. The molecule has 0 saturated heterocycles. The molecule has 65 valence electrons. The molecule has 0 unspecified atom stereocenters. The average molecular weight is 153 g/mol. The minimum atomic E-state index is 1.10. The number of hydrogen-bond donors (Lipinski definition) is 0. The van der Waals surface area contributed by atoms with Crippen LogP contribution in [0.25, 0.3) is 0 Å². The van der Waals surface area contributed by atoms with E-state index < -0.39 is 0 Å². The topological polar surface area (TPSA) is 0 Å². The maximum absolute atomic E-state index is 3.94. The van der Waals surface area contributed by atoms with Crippen molar-refractivity contribution < 1.29 is 0 Å². The normalized spacial score (nSPS) is 10.0. The summed E-state index contributed by atoms with van der Waals surface area (Å²) in [6.45, 7) is 8.34. The van der Waals surface area contributed by atoms with Crippen molar-refractivity contribution in [1.82, 2.24) is 0 Å². The summed E-state index contributed by atoms with van der Waals surface area (Å²) in [5.74, 6) is 0. The van der Waals surface area contributed by atoms with Crippen molar-refractivity contribution in [1.29, 1.82) is 0 Å². The minimum Gasteiger partial charge on any atom is -0.0996 e. The fourth-order valence-corrected chi connectivity index (χ4v) is 1.02. The quantitative estimate of drug-likeness (QED) is 0.482. The summed E-state index contributed by atoms with van der Waals surface area (Å²) >= 11 is 0. The van der Waals surface area contributed by atoms with Crippen molar-refractivity contribution in [2.24, 2.45) is 0 Å². The Morgan fingerprint density at radius 1 is 1.18 bits per heavy atom. The summed E-state index contributed by atoms with van der Waals surface area (Å²) in [5.41, 5.74) is 1.29. The highest BCUT2D eigenvalue weighted by Gasteiger charge is 1.91. The second kappa shape index (κ2) is 7.84. The Morgan fingerprint density at radius 2 is 1.91 bits per heavy atom. The third kappa shape index (κ3) is 7.64. The molecular formula is C11H21. The maximum Gasteiger partial charge on any atom is -0.0140 e. The summed E-state index contributed by atoms with van der Waals surface area (Å²) in [7, 11) is 0. The van der Waals surface area contributed by atoms with Gasteiger partial charge in [-0.25, -0.2) is 0 Å². The molecule has 11 heavy (non-hydrogen) atoms. The lowest BCUT2D eigenvalue weighted by Gasteiger charge is -2.00. The number of hydrogen-bond acceptors (Lipinski definition) is 0. The maximum atomic E-state index is 3.94. The lowest BCUT2D eigenvalue weighted by Crippen LogP contribution is -1.82. The molecular weight excluding hydrogens is 132 g/mol. The molecule has 0 aliphatic rings. The summed E-state index contributed by atoms with van der Waals surface area (Å²) < 4.78 is 0. The summed E-state index contributed by atoms with van der Waals surface area (Å²) in [5, 5.41) is 0. The van der Waals surface area contributed by atoms with Crippen LogP contribution in [0.2, 0.25) is 0 Å². The molecule has 0 heterocycles. The van der Waals surface area contributed by atoms with Crippen LogP contribution in [0.5, 0.6) is 0 Å². The molecule has 0 aromatic carbocycles. The van der Waals surface area contributed by atoms with Crippen LogP contribution in [0.3, 0.4) is 0 Å². The Bertz CT molecular complexity index is 92.2. The zero-order valence-electron chi connectivity index (χ0n) is 8.03. The van der Waals surface area contributed by atoms with Gasteiger partial charge < -0.3 is 0 Å². The van der Waals surface area contributed by atoms with Gasteiger partial charge in [0.2, 0.25) is 0 Å². The van der Waals surface area contributed by atoms with Crippen LogP contribution < -0.4 is 0 Å². The van der Waals surface area contributed by atoms with E-state index in [4.69, 9.17) is 0 Å². The lowest BCUT2D eigenvalue weighted by atomic mass is 10.1. The first-order valence-electron chi connectivity index (χ1n) is 4.82. The molecule has 0 rings (SSSR count). The van der Waals surface area contributed by atoms with Crippen molar-refractivity contribution in [3.63, 3.8) is 0 Å². The van der Waals surface area contributed by atoms with E-state index in [9.17, 15) is 0 Å². The summed E-state index contributed by atoms with van der Waals surface area (Å²) in [4.78, 5) is 0. The monoisotopic (exact) mass is 153 g/mol. The molecule has 0 bridgehead atoms. The van der Waals surface area contributed by atoms with Crippen LogP contribution in [0.1, 0.15) is 52.4 Å². The second-order valence-electron chi connectivity index (χ2n) is 3.07. The van der Waals surface area contributed by atoms with Gasteiger partial charge in [0.25, 0.3) is 0 Å². The number of allylic oxidation sites excluding steroid dienone is 1. The molecule has 0 amide bonds. The van der Waals surface area contributed by atoms with E-state index in [0.717, 1.165) is 6.42 Å². The van der Waals surface area contributed by atoms with Gasteiger partial charge in [0.1, 0.15) is 0 Å². The van der Waals surface area contributed by atoms with E-state index in [-0.39, 0.29) is 0 Å². The van der Waals surface area contributed by atoms with Crippen molar-refractivity contribution in [3.05, 3.63) is 18.6 Å². The molecule has 0 aliphatic carbocycles. The predicted octanol–water partition coefficient (Wildman–Crippen LogP) is 4.13. The SMILES string of the molecule is C=C([CH]CCCCCC)CC. The van der Waals surface area contributed by atoms with Gasteiger partial charge in [-0.3, -0.25) is 0 Å². The number of rotatable bonds is 7. The molecule has 0 atom stereocenters. The van der Waals surface area contributed by atoms with Crippen molar-refractivity contribution in [2.75, 3.05) is 0 Å². The molecule has 1 radical (unpaired) electrons. The van der Waals surface area contributed by atoms with Crippen LogP contribution >= 0.6 is 0 Å². The molecule has 0 heteroatoms. The number of unbranched alkanes of at least 4 members (excludes halogenated alkanes) is 4. The standard InChI is InChI=1S/C11H21/c1-4-6-7-8-9-10-11(3)5-2/h10H,3-9H2,1-2H3. The highest BCUT2D eigenvalue weighted by molar-refractivity contribution is 5.06. The van der Waals surface area contributed by atoms with E-state index in [1.54, 1.807) is 0 Å². The van der Waals surface area contributed by atoms with E-state index in [0.29, 0.717) is 0 Å². The van der Waals surface area contributed by atoms with E-state index >= 15 is 0 Å². The van der Waals surface area contributed by atoms with Gasteiger partial charge in [-0.2, -0.15) is 0 Å². The van der Waals surface area contributed by atoms with Crippen LogP contribution in [-0.2, 0) is 0 Å². The Labute approximate surface area is 71.7 Å². The zero-order valence-corrected chi connectivity index (χ0v) is 8.03. The van der Waals surface area contributed by atoms with E-state index in [1.807, 2.05) is 0 Å². The fraction of sp³-hybridized carbons (Fsp3) is 0.727. The predicted molar refractivity (Wildman–Crippen MR) is 52.5 cm³/mol. The third-order valence-electron chi connectivity index (χ3n) is 1.94. The highest BCUT2D eigenvalue weighted by atomic mass is 14.0. The van der Waals surface area contributed by atoms with Crippen molar-refractivity contribution >= 4 is 0 Å². The van der Waals surface area contributed by atoms with Gasteiger partial charge in [0, 0.05) is 0 Å². The first kappa shape index (κ1) is 10.7. The zero-order chi connectivity index (χ0) is 8.53. The average Bonchev–Trinajstić information content (AvgIpc) is 2.04. The smallest absolute Gasteiger partial charge is 0.0140 e. The van der Waals surface area contributed by atoms with Crippen LogP contribution in [0.4, 0.5) is 0 Å². The lowest BCUT2D eigenvalue weighted by molar-refractivity contribution is 0.663. The van der Waals surface area contributed by atoms with Crippen LogP contribution in [0, 0.1) is 6.42 Å². The molecule has 0 aliphatic heterocycles. The second-order valence-corrected chi connectivity index (χ2v) is 3.07. The Hall–Kier alpha value is -0.260. The van der Waals surface area contributed by atoms with Gasteiger partial charge in [0.05, 0.1) is 0 Å². The van der Waals surface area contributed by atoms with Gasteiger partial charge in [0.15, 0.2) is 0 Å². The molecule has 0 fully saturated rings. The fourth-order valence-electron chi connectivity index (χ4n) is 1.02. The van der Waals surface area contributed by atoms with Crippen LogP contribution in [0.15, 0.2) is 12.2 Å². The molecule has 0 N–H and O–H groups in total. The highest BCUT2D eigenvalue weighted by Crippen LogP contribution is 2.10. The van der Waals surface area contributed by atoms with Gasteiger partial charge in [-0.1, -0.05) is 51.7 Å². The van der Waals surface area contributed by atoms with E-state index in [2.05, 4.69) is 26.8 Å². The molecule has 0 nitrogen and oxygen atoms in total. The van der Waals surface area contributed by atoms with Crippen molar-refractivity contribution in [2.45, 2.75) is 52.4 Å². The van der Waals surface area contributed by atoms with Crippen molar-refractivity contribution in [3.8, 4) is 0 Å². The first-order chi connectivity index (χ1) is 5.31. The summed E-state index contributed by atoms with van der Waals surface area (Å²) in [6.07, 6.45) is 10.0. The molecule has 0 aromatic heterocycles. The molecule has 0 saturated carbocycles. The molecule has 0 aromatic rings. The first-order valence-corrected chi connectivity index (χ1v) is 4.82. The summed E-state index contributed by atoms with van der Waals surface area (Å²) in [6, 6.07) is 0. The Morgan fingerprint density at radius 3 is 2.45 bits per heavy atom. The van der Waals surface area contributed by atoms with E-state index in [1.165, 1.54) is 37.7 Å². The minimum absolute atomic E-state index is 1.10. The van der Waals surface area contributed by atoms with Gasteiger partial charge >= 0.3 is 0 Å².